The highest BCUT2D eigenvalue weighted by Crippen LogP contribution is 2.43. The van der Waals surface area contributed by atoms with Crippen molar-refractivity contribution in [1.82, 2.24) is 5.32 Å². The summed E-state index contributed by atoms with van der Waals surface area (Å²) in [4.78, 5) is 26.5. The van der Waals surface area contributed by atoms with Crippen LogP contribution in [0.15, 0.2) is 46.8 Å². The highest BCUT2D eigenvalue weighted by Gasteiger charge is 2.41. The smallest absolute Gasteiger partial charge is 0.337 e. The lowest BCUT2D eigenvalue weighted by Crippen LogP contribution is -2.36. The molecule has 6 nitrogen and oxygen atoms in total. The van der Waals surface area contributed by atoms with Crippen LogP contribution >= 0.6 is 0 Å². The topological polar surface area (TPSA) is 73.9 Å². The van der Waals surface area contributed by atoms with E-state index in [-0.39, 0.29) is 0 Å². The summed E-state index contributed by atoms with van der Waals surface area (Å²) in [6, 6.07) is 7.35. The third-order valence-electron chi connectivity index (χ3n) is 4.45. The van der Waals surface area contributed by atoms with Crippen molar-refractivity contribution < 1.29 is 23.8 Å². The summed E-state index contributed by atoms with van der Waals surface area (Å²) in [7, 11) is 1.56. The van der Waals surface area contributed by atoms with Crippen LogP contribution in [0.5, 0.6) is 5.75 Å². The fourth-order valence-electron chi connectivity index (χ4n) is 3.42. The molecule has 2 rings (SSSR count). The number of esters is 2. The average Bonchev–Trinajstić information content (AvgIpc) is 2.57. The number of nitrogens with one attached hydrogen (secondary N) is 1. The van der Waals surface area contributed by atoms with Crippen molar-refractivity contribution in [3.05, 3.63) is 52.4 Å². The van der Waals surface area contributed by atoms with Gasteiger partial charge in [0, 0.05) is 17.0 Å². The quantitative estimate of drug-likeness (QED) is 0.724. The first-order valence-corrected chi connectivity index (χ1v) is 10.0. The van der Waals surface area contributed by atoms with E-state index in [1.165, 1.54) is 0 Å². The maximum atomic E-state index is 13.2. The first-order valence-electron chi connectivity index (χ1n) is 10.0. The summed E-state index contributed by atoms with van der Waals surface area (Å²) in [6.45, 7) is 14.5. The van der Waals surface area contributed by atoms with Gasteiger partial charge >= 0.3 is 11.9 Å². The molecular weight excluding hydrogens is 382 g/mol. The predicted octanol–water partition coefficient (Wildman–Crippen LogP) is 4.61. The average molecular weight is 416 g/mol. The molecule has 0 aliphatic carbocycles. The molecule has 0 radical (unpaired) electrons. The van der Waals surface area contributed by atoms with E-state index in [9.17, 15) is 9.59 Å². The van der Waals surface area contributed by atoms with Crippen LogP contribution in [0.25, 0.3) is 0 Å². The number of hydrogen-bond acceptors (Lipinski definition) is 6. The Morgan fingerprint density at radius 3 is 1.67 bits per heavy atom. The first kappa shape index (κ1) is 23.5. The van der Waals surface area contributed by atoms with Crippen LogP contribution in [0.3, 0.4) is 0 Å². The number of carbonyl (C=O) groups excluding carboxylic acids is 2. The molecule has 0 unspecified atom stereocenters. The number of benzene rings is 1. The van der Waals surface area contributed by atoms with Crippen LogP contribution in [-0.4, -0.2) is 30.3 Å². The van der Waals surface area contributed by atoms with Gasteiger partial charge in [-0.2, -0.15) is 0 Å². The number of rotatable bonds is 4. The lowest BCUT2D eigenvalue weighted by molar-refractivity contribution is -0.150. The van der Waals surface area contributed by atoms with Gasteiger partial charge in [0.05, 0.1) is 24.2 Å². The van der Waals surface area contributed by atoms with Crippen LogP contribution in [0.4, 0.5) is 0 Å². The van der Waals surface area contributed by atoms with E-state index >= 15 is 0 Å². The number of hydrogen-bond donors (Lipinski definition) is 1. The summed E-state index contributed by atoms with van der Waals surface area (Å²) < 4.78 is 16.9. The molecule has 6 heteroatoms. The Bertz CT molecular complexity index is 847. The van der Waals surface area contributed by atoms with E-state index in [2.05, 4.69) is 5.32 Å². The lowest BCUT2D eigenvalue weighted by atomic mass is 9.80. The third-order valence-corrected chi connectivity index (χ3v) is 4.45. The Balaban J connectivity index is 2.71. The van der Waals surface area contributed by atoms with Crippen LogP contribution in [0.1, 0.15) is 66.9 Å². The molecule has 1 aliphatic rings. The SMILES string of the molecule is COc1ccccc1C1C(C(=O)OC(C)(C)C)=C(C)NC(C)=C1C(=O)OC(C)(C)C. The number of ether oxygens (including phenoxy) is 3. The molecule has 0 atom stereocenters. The molecule has 1 aliphatic heterocycles. The van der Waals surface area contributed by atoms with Crippen molar-refractivity contribution >= 4 is 11.9 Å². The molecule has 0 aromatic heterocycles. The molecule has 0 fully saturated rings. The zero-order valence-electron chi connectivity index (χ0n) is 19.4. The van der Waals surface area contributed by atoms with Crippen molar-refractivity contribution in [1.29, 1.82) is 0 Å². The molecule has 1 aromatic carbocycles. The van der Waals surface area contributed by atoms with E-state index < -0.39 is 29.1 Å². The van der Waals surface area contributed by atoms with E-state index in [1.54, 1.807) is 21.0 Å². The van der Waals surface area contributed by atoms with Gasteiger partial charge in [0.1, 0.15) is 17.0 Å². The van der Waals surface area contributed by atoms with Gasteiger partial charge in [0.2, 0.25) is 0 Å². The summed E-state index contributed by atoms with van der Waals surface area (Å²) in [5.41, 5.74) is 1.31. The van der Waals surface area contributed by atoms with Crippen molar-refractivity contribution in [2.45, 2.75) is 72.5 Å². The number of dihydropyridines is 1. The molecular formula is C24H33NO5. The Labute approximate surface area is 179 Å². The second-order valence-electron chi connectivity index (χ2n) is 9.38. The maximum absolute atomic E-state index is 13.2. The standard InChI is InChI=1S/C24H33NO5/c1-14-18(21(26)29-23(3,4)5)20(16-12-10-11-13-17(16)28-9)19(15(2)25-14)22(27)30-24(6,7)8/h10-13,20,25H,1-9H3. The summed E-state index contributed by atoms with van der Waals surface area (Å²) in [5, 5.41) is 3.17. The van der Waals surface area contributed by atoms with Gasteiger partial charge in [-0.3, -0.25) is 0 Å². The molecule has 0 spiro atoms. The van der Waals surface area contributed by atoms with Gasteiger partial charge in [0.25, 0.3) is 0 Å². The number of allylic oxidation sites excluding steroid dienone is 2. The Kier molecular flexibility index (Phi) is 6.70. The highest BCUT2D eigenvalue weighted by atomic mass is 16.6. The van der Waals surface area contributed by atoms with Gasteiger partial charge in [-0.1, -0.05) is 18.2 Å². The maximum Gasteiger partial charge on any atom is 0.337 e. The van der Waals surface area contributed by atoms with Gasteiger partial charge < -0.3 is 19.5 Å². The van der Waals surface area contributed by atoms with Gasteiger partial charge in [-0.15, -0.1) is 0 Å². The summed E-state index contributed by atoms with van der Waals surface area (Å²) in [6.07, 6.45) is 0. The Morgan fingerprint density at radius 1 is 0.833 bits per heavy atom. The Morgan fingerprint density at radius 2 is 1.27 bits per heavy atom. The lowest BCUT2D eigenvalue weighted by Gasteiger charge is -2.33. The van der Waals surface area contributed by atoms with Crippen LogP contribution in [-0.2, 0) is 19.1 Å². The normalized spacial score (nSPS) is 15.6. The monoisotopic (exact) mass is 415 g/mol. The van der Waals surface area contributed by atoms with E-state index in [0.717, 1.165) is 0 Å². The predicted molar refractivity (Wildman–Crippen MR) is 116 cm³/mol. The highest BCUT2D eigenvalue weighted by molar-refractivity contribution is 6.00. The zero-order chi connectivity index (χ0) is 22.9. The van der Waals surface area contributed by atoms with Crippen molar-refractivity contribution in [2.24, 2.45) is 0 Å². The molecule has 0 bridgehead atoms. The van der Waals surface area contributed by atoms with Crippen molar-refractivity contribution in [3.8, 4) is 5.75 Å². The molecule has 0 saturated heterocycles. The summed E-state index contributed by atoms with van der Waals surface area (Å²) >= 11 is 0. The van der Waals surface area contributed by atoms with E-state index in [1.807, 2.05) is 65.8 Å². The van der Waals surface area contributed by atoms with E-state index in [4.69, 9.17) is 14.2 Å². The number of methoxy groups -OCH3 is 1. The molecule has 164 valence electrons. The zero-order valence-corrected chi connectivity index (χ0v) is 19.4. The molecule has 1 aromatic rings. The molecule has 0 amide bonds. The largest absolute Gasteiger partial charge is 0.496 e. The molecule has 30 heavy (non-hydrogen) atoms. The number of carbonyl (C=O) groups is 2. The molecule has 1 N–H and O–H groups in total. The van der Waals surface area contributed by atoms with Crippen molar-refractivity contribution in [2.75, 3.05) is 7.11 Å². The number of para-hydroxylation sites is 1. The first-order chi connectivity index (χ1) is 13.7. The van der Waals surface area contributed by atoms with Gasteiger partial charge in [-0.25, -0.2) is 9.59 Å². The second kappa shape index (κ2) is 8.54. The van der Waals surface area contributed by atoms with Gasteiger partial charge in [0.15, 0.2) is 0 Å². The fraction of sp³-hybridized carbons (Fsp3) is 0.500. The minimum absolute atomic E-state index is 0.362. The van der Waals surface area contributed by atoms with E-state index in [0.29, 0.717) is 33.9 Å². The van der Waals surface area contributed by atoms with Gasteiger partial charge in [-0.05, 0) is 61.5 Å². The summed E-state index contributed by atoms with van der Waals surface area (Å²) in [5.74, 6) is -1.09. The fourth-order valence-corrected chi connectivity index (χ4v) is 3.42. The third kappa shape index (κ3) is 5.43. The van der Waals surface area contributed by atoms with Crippen LogP contribution < -0.4 is 10.1 Å². The minimum atomic E-state index is -0.688. The molecule has 1 heterocycles. The van der Waals surface area contributed by atoms with Crippen LogP contribution in [0.2, 0.25) is 0 Å². The second-order valence-corrected chi connectivity index (χ2v) is 9.38. The Hall–Kier alpha value is -2.76. The minimum Gasteiger partial charge on any atom is -0.496 e. The van der Waals surface area contributed by atoms with Crippen molar-refractivity contribution in [3.63, 3.8) is 0 Å². The van der Waals surface area contributed by atoms with Crippen LogP contribution in [0, 0.1) is 0 Å². The molecule has 0 saturated carbocycles.